The highest BCUT2D eigenvalue weighted by Gasteiger charge is 2.03. The number of carbonyl (C=O) groups is 1. The first kappa shape index (κ1) is 14.1. The van der Waals surface area contributed by atoms with Crippen LogP contribution in [0.25, 0.3) is 0 Å². The molecule has 2 aromatic rings. The van der Waals surface area contributed by atoms with Crippen molar-refractivity contribution in [1.29, 1.82) is 0 Å². The summed E-state index contributed by atoms with van der Waals surface area (Å²) in [5.74, 6) is -0.0989. The monoisotopic (exact) mass is 288 g/mol. The van der Waals surface area contributed by atoms with Crippen molar-refractivity contribution in [3.63, 3.8) is 0 Å². The molecule has 0 aliphatic carbocycles. The molecule has 2 aromatic carbocycles. The van der Waals surface area contributed by atoms with E-state index in [9.17, 15) is 9.90 Å². The molecule has 102 valence electrons. The number of halogens is 1. The topological polar surface area (TPSA) is 61.7 Å². The van der Waals surface area contributed by atoms with Crippen LogP contribution in [0, 0.1) is 0 Å². The zero-order valence-electron chi connectivity index (χ0n) is 10.6. The van der Waals surface area contributed by atoms with Gasteiger partial charge in [0.15, 0.2) is 0 Å². The third kappa shape index (κ3) is 3.83. The van der Waals surface area contributed by atoms with Gasteiger partial charge < -0.3 is 5.11 Å². The first-order chi connectivity index (χ1) is 9.66. The minimum Gasteiger partial charge on any atom is -0.508 e. The second-order valence-corrected chi connectivity index (χ2v) is 4.53. The first-order valence-corrected chi connectivity index (χ1v) is 6.39. The van der Waals surface area contributed by atoms with Crippen LogP contribution in [0.4, 0.5) is 0 Å². The Morgan fingerprint density at radius 3 is 2.60 bits per heavy atom. The molecule has 0 unspecified atom stereocenters. The van der Waals surface area contributed by atoms with Gasteiger partial charge in [-0.05, 0) is 35.9 Å². The third-order valence-electron chi connectivity index (χ3n) is 2.67. The van der Waals surface area contributed by atoms with Gasteiger partial charge in [-0.15, -0.1) is 0 Å². The summed E-state index contributed by atoms with van der Waals surface area (Å²) in [5.41, 5.74) is 3.64. The van der Waals surface area contributed by atoms with Gasteiger partial charge in [0, 0.05) is 23.2 Å². The fourth-order valence-electron chi connectivity index (χ4n) is 1.60. The number of phenolic OH excluding ortho intramolecular Hbond substituents is 1. The summed E-state index contributed by atoms with van der Waals surface area (Å²) in [4.78, 5) is 11.7. The van der Waals surface area contributed by atoms with Gasteiger partial charge in [-0.3, -0.25) is 4.79 Å². The molecule has 0 saturated heterocycles. The van der Waals surface area contributed by atoms with Crippen molar-refractivity contribution in [3.05, 3.63) is 64.7 Å². The third-order valence-corrected chi connectivity index (χ3v) is 2.92. The predicted molar refractivity (Wildman–Crippen MR) is 79.2 cm³/mol. The average molecular weight is 289 g/mol. The van der Waals surface area contributed by atoms with Crippen LogP contribution in [0.1, 0.15) is 15.9 Å². The summed E-state index contributed by atoms with van der Waals surface area (Å²) < 4.78 is 0. The van der Waals surface area contributed by atoms with E-state index < -0.39 is 0 Å². The van der Waals surface area contributed by atoms with Crippen LogP contribution in [0.5, 0.6) is 5.75 Å². The maximum absolute atomic E-state index is 11.7. The minimum atomic E-state index is -0.310. The lowest BCUT2D eigenvalue weighted by Crippen LogP contribution is -2.17. The zero-order chi connectivity index (χ0) is 14.4. The number of nitrogens with one attached hydrogen (secondary N) is 1. The van der Waals surface area contributed by atoms with E-state index in [4.69, 9.17) is 11.6 Å². The fraction of sp³-hybridized carbons (Fsp3) is 0.0667. The van der Waals surface area contributed by atoms with Gasteiger partial charge >= 0.3 is 0 Å². The molecule has 0 atom stereocenters. The van der Waals surface area contributed by atoms with Gasteiger partial charge in [0.05, 0.1) is 0 Å². The quantitative estimate of drug-likeness (QED) is 0.671. The number of nitrogens with zero attached hydrogens (tertiary/aromatic N) is 1. The highest BCUT2D eigenvalue weighted by molar-refractivity contribution is 6.30. The maximum Gasteiger partial charge on any atom is 0.271 e. The molecule has 20 heavy (non-hydrogen) atoms. The Bertz CT molecular complexity index is 624. The number of phenols is 1. The molecule has 2 N–H and O–H groups in total. The Labute approximate surface area is 121 Å². The molecule has 0 aliphatic heterocycles. The number of hydrogen-bond donors (Lipinski definition) is 2. The Morgan fingerprint density at radius 2 is 1.90 bits per heavy atom. The minimum absolute atomic E-state index is 0.211. The highest BCUT2D eigenvalue weighted by atomic mass is 35.5. The number of benzene rings is 2. The summed E-state index contributed by atoms with van der Waals surface area (Å²) in [6.07, 6.45) is 1.97. The second kappa shape index (κ2) is 6.73. The van der Waals surface area contributed by atoms with Crippen LogP contribution < -0.4 is 5.43 Å². The van der Waals surface area contributed by atoms with E-state index in [1.807, 2.05) is 6.07 Å². The predicted octanol–water partition coefficient (Wildman–Crippen LogP) is 3.00. The molecule has 1 amide bonds. The number of carbonyl (C=O) groups excluding carboxylic acids is 1. The Morgan fingerprint density at radius 1 is 1.20 bits per heavy atom. The van der Waals surface area contributed by atoms with Crippen molar-refractivity contribution >= 4 is 23.7 Å². The summed E-state index contributed by atoms with van der Waals surface area (Å²) in [7, 11) is 0. The number of aromatic hydroxyl groups is 1. The van der Waals surface area contributed by atoms with E-state index in [0.717, 1.165) is 5.56 Å². The SMILES string of the molecule is O=C(NN=CCc1ccccc1O)c1ccc(Cl)cc1. The maximum atomic E-state index is 11.7. The van der Waals surface area contributed by atoms with E-state index in [0.29, 0.717) is 17.0 Å². The van der Waals surface area contributed by atoms with Gasteiger partial charge in [0.25, 0.3) is 5.91 Å². The number of amides is 1. The van der Waals surface area contributed by atoms with Gasteiger partial charge in [-0.25, -0.2) is 5.43 Å². The van der Waals surface area contributed by atoms with Gasteiger partial charge in [0.1, 0.15) is 5.75 Å². The van der Waals surface area contributed by atoms with Crippen LogP contribution in [-0.4, -0.2) is 17.2 Å². The highest BCUT2D eigenvalue weighted by Crippen LogP contribution is 2.15. The van der Waals surface area contributed by atoms with Crippen molar-refractivity contribution in [1.82, 2.24) is 5.43 Å². The molecule has 4 nitrogen and oxygen atoms in total. The molecule has 0 radical (unpaired) electrons. The number of hydrogen-bond acceptors (Lipinski definition) is 3. The lowest BCUT2D eigenvalue weighted by molar-refractivity contribution is 0.0955. The van der Waals surface area contributed by atoms with Crippen LogP contribution in [0.3, 0.4) is 0 Å². The summed E-state index contributed by atoms with van der Waals surface area (Å²) in [5, 5.41) is 14.0. The smallest absolute Gasteiger partial charge is 0.271 e. The standard InChI is InChI=1S/C15H13ClN2O2/c16-13-7-5-12(6-8-13)15(20)18-17-10-9-11-3-1-2-4-14(11)19/h1-8,10,19H,9H2,(H,18,20). The lowest BCUT2D eigenvalue weighted by Gasteiger charge is -2.01. The van der Waals surface area contributed by atoms with Gasteiger partial charge in [-0.1, -0.05) is 29.8 Å². The van der Waals surface area contributed by atoms with Crippen molar-refractivity contribution < 1.29 is 9.90 Å². The molecule has 0 aliphatic rings. The van der Waals surface area contributed by atoms with Crippen molar-refractivity contribution in [2.45, 2.75) is 6.42 Å². The molecule has 0 aromatic heterocycles. The molecule has 0 heterocycles. The zero-order valence-corrected chi connectivity index (χ0v) is 11.3. The number of hydrazone groups is 1. The van der Waals surface area contributed by atoms with Crippen molar-refractivity contribution in [3.8, 4) is 5.75 Å². The van der Waals surface area contributed by atoms with Crippen LogP contribution in [-0.2, 0) is 6.42 Å². The molecule has 0 saturated carbocycles. The summed E-state index contributed by atoms with van der Waals surface area (Å²) in [6, 6.07) is 13.5. The fourth-order valence-corrected chi connectivity index (χ4v) is 1.72. The molecule has 2 rings (SSSR count). The van der Waals surface area contributed by atoms with Gasteiger partial charge in [0.2, 0.25) is 0 Å². The lowest BCUT2D eigenvalue weighted by atomic mass is 10.1. The van der Waals surface area contributed by atoms with E-state index >= 15 is 0 Å². The van der Waals surface area contributed by atoms with Crippen molar-refractivity contribution in [2.75, 3.05) is 0 Å². The Kier molecular flexibility index (Phi) is 4.74. The van der Waals surface area contributed by atoms with E-state index in [-0.39, 0.29) is 11.7 Å². The normalized spacial score (nSPS) is 10.7. The van der Waals surface area contributed by atoms with Gasteiger partial charge in [-0.2, -0.15) is 5.10 Å². The van der Waals surface area contributed by atoms with Crippen molar-refractivity contribution in [2.24, 2.45) is 5.10 Å². The van der Waals surface area contributed by atoms with E-state index in [1.165, 1.54) is 6.21 Å². The molecule has 5 heteroatoms. The van der Waals surface area contributed by atoms with E-state index in [1.54, 1.807) is 42.5 Å². The largest absolute Gasteiger partial charge is 0.508 e. The molecule has 0 spiro atoms. The van der Waals surface area contributed by atoms with E-state index in [2.05, 4.69) is 10.5 Å². The molecule has 0 fully saturated rings. The molecular formula is C15H13ClN2O2. The summed E-state index contributed by atoms with van der Waals surface area (Å²) in [6.45, 7) is 0. The van der Waals surface area contributed by atoms with Crippen LogP contribution in [0.15, 0.2) is 53.6 Å². The summed E-state index contributed by atoms with van der Waals surface area (Å²) >= 11 is 5.74. The first-order valence-electron chi connectivity index (χ1n) is 6.01. The number of para-hydroxylation sites is 1. The molecular weight excluding hydrogens is 276 g/mol. The average Bonchev–Trinajstić information content (AvgIpc) is 2.46. The Hall–Kier alpha value is -2.33. The number of rotatable bonds is 4. The second-order valence-electron chi connectivity index (χ2n) is 4.09. The van der Waals surface area contributed by atoms with Crippen LogP contribution in [0.2, 0.25) is 5.02 Å². The Balaban J connectivity index is 1.89. The van der Waals surface area contributed by atoms with Crippen LogP contribution >= 0.6 is 11.6 Å². The molecule has 0 bridgehead atoms.